The van der Waals surface area contributed by atoms with Gasteiger partial charge in [0.2, 0.25) is 11.9 Å². The number of halogens is 1. The number of hydrogen-bond acceptors (Lipinski definition) is 11. The summed E-state index contributed by atoms with van der Waals surface area (Å²) in [5, 5.41) is 30.0. The first-order chi connectivity index (χ1) is 18.7. The molecule has 2 saturated heterocycles. The van der Waals surface area contributed by atoms with E-state index in [2.05, 4.69) is 49.3 Å². The Hall–Kier alpha value is -3.91. The molecule has 0 atom stereocenters. The molecule has 3 aromatic rings. The van der Waals surface area contributed by atoms with E-state index in [-0.39, 0.29) is 23.5 Å². The first kappa shape index (κ1) is 26.7. The Morgan fingerprint density at radius 1 is 1.18 bits per heavy atom. The molecule has 1 aromatic carbocycles. The molecule has 2 aromatic heterocycles. The molecular weight excluding hydrogens is 540 g/mol. The number of nitrogens with one attached hydrogen (secondary N) is 2. The average molecular weight is 567 g/mol. The third-order valence-electron chi connectivity index (χ3n) is 6.96. The largest absolute Gasteiger partial charge is 0.354 e. The summed E-state index contributed by atoms with van der Waals surface area (Å²) in [5.41, 5.74) is 2.88. The number of benzene rings is 1. The second kappa shape index (κ2) is 10.7. The zero-order valence-corrected chi connectivity index (χ0v) is 22.9. The quantitative estimate of drug-likeness (QED) is 0.452. The Kier molecular flexibility index (Phi) is 7.32. The van der Waals surface area contributed by atoms with Gasteiger partial charge in [-0.05, 0) is 31.9 Å². The maximum atomic E-state index is 11.9. The number of nitriles is 2. The van der Waals surface area contributed by atoms with Crippen LogP contribution in [-0.2, 0) is 9.84 Å². The van der Waals surface area contributed by atoms with E-state index in [1.807, 2.05) is 11.8 Å². The topological polar surface area (TPSA) is 155 Å². The van der Waals surface area contributed by atoms with Crippen LogP contribution in [0.15, 0.2) is 30.6 Å². The lowest BCUT2D eigenvalue weighted by Gasteiger charge is -2.42. The maximum absolute atomic E-state index is 11.9. The van der Waals surface area contributed by atoms with Crippen LogP contribution in [0.25, 0.3) is 5.65 Å². The van der Waals surface area contributed by atoms with Crippen molar-refractivity contribution in [2.75, 3.05) is 53.2 Å². The molecule has 202 valence electrons. The van der Waals surface area contributed by atoms with Gasteiger partial charge in [0.1, 0.15) is 21.5 Å². The van der Waals surface area contributed by atoms with Gasteiger partial charge >= 0.3 is 0 Å². The van der Waals surface area contributed by atoms with Crippen LogP contribution in [0.1, 0.15) is 30.9 Å². The van der Waals surface area contributed by atoms with Crippen molar-refractivity contribution >= 4 is 50.4 Å². The summed E-state index contributed by atoms with van der Waals surface area (Å²) in [5.74, 6) is 1.02. The molecule has 0 amide bonds. The first-order valence-electron chi connectivity index (χ1n) is 12.5. The van der Waals surface area contributed by atoms with Crippen molar-refractivity contribution < 1.29 is 8.42 Å². The molecule has 39 heavy (non-hydrogen) atoms. The second-order valence-electron chi connectivity index (χ2n) is 9.47. The summed E-state index contributed by atoms with van der Waals surface area (Å²) in [6, 6.07) is 7.81. The number of nitrogens with zero attached hydrogens (tertiary/aromatic N) is 8. The van der Waals surface area contributed by atoms with Crippen molar-refractivity contribution in [2.45, 2.75) is 25.8 Å². The fourth-order valence-electron chi connectivity index (χ4n) is 5.00. The maximum Gasteiger partial charge on any atom is 0.232 e. The van der Waals surface area contributed by atoms with E-state index < -0.39 is 9.84 Å². The van der Waals surface area contributed by atoms with E-state index in [0.29, 0.717) is 78.1 Å². The molecule has 2 fully saturated rings. The fourth-order valence-corrected chi connectivity index (χ4v) is 6.72. The highest BCUT2D eigenvalue weighted by atomic mass is 35.5. The predicted octanol–water partition coefficient (Wildman–Crippen LogP) is 2.91. The van der Waals surface area contributed by atoms with Crippen molar-refractivity contribution in [2.24, 2.45) is 0 Å². The number of anilines is 4. The van der Waals surface area contributed by atoms with Gasteiger partial charge in [0, 0.05) is 37.9 Å². The monoisotopic (exact) mass is 566 g/mol. The van der Waals surface area contributed by atoms with Crippen molar-refractivity contribution in [3.63, 3.8) is 0 Å². The smallest absolute Gasteiger partial charge is 0.232 e. The van der Waals surface area contributed by atoms with E-state index in [0.717, 1.165) is 5.70 Å². The minimum Gasteiger partial charge on any atom is -0.354 e. The van der Waals surface area contributed by atoms with Gasteiger partial charge in [-0.2, -0.15) is 30.1 Å². The van der Waals surface area contributed by atoms with E-state index in [9.17, 15) is 18.9 Å². The summed E-state index contributed by atoms with van der Waals surface area (Å²) in [7, 11) is -2.93. The normalized spacial score (nSPS) is 18.1. The number of rotatable bonds is 6. The zero-order valence-electron chi connectivity index (χ0n) is 21.4. The van der Waals surface area contributed by atoms with E-state index in [4.69, 9.17) is 11.6 Å². The van der Waals surface area contributed by atoms with Crippen LogP contribution in [-0.4, -0.2) is 76.6 Å². The first-order valence-corrected chi connectivity index (χ1v) is 14.7. The number of piperazine rings is 1. The molecule has 14 heteroatoms. The van der Waals surface area contributed by atoms with Crippen LogP contribution in [0.4, 0.5) is 23.3 Å². The van der Waals surface area contributed by atoms with Gasteiger partial charge in [-0.15, -0.1) is 0 Å². The van der Waals surface area contributed by atoms with E-state index in [1.165, 1.54) is 10.7 Å². The molecule has 0 saturated carbocycles. The van der Waals surface area contributed by atoms with Crippen molar-refractivity contribution in [3.05, 3.63) is 46.8 Å². The Morgan fingerprint density at radius 2 is 1.95 bits per heavy atom. The highest BCUT2D eigenvalue weighted by molar-refractivity contribution is 7.91. The molecule has 2 aliphatic heterocycles. The zero-order chi connectivity index (χ0) is 27.7. The van der Waals surface area contributed by atoms with Crippen LogP contribution in [0.2, 0.25) is 5.02 Å². The summed E-state index contributed by atoms with van der Waals surface area (Å²) in [6.07, 6.45) is 2.67. The van der Waals surface area contributed by atoms with Gasteiger partial charge in [-0.1, -0.05) is 18.2 Å². The predicted molar refractivity (Wildman–Crippen MR) is 149 cm³/mol. The highest BCUT2D eigenvalue weighted by Gasteiger charge is 2.32. The number of hydrogen-bond donors (Lipinski definition) is 2. The fraction of sp³-hybridized carbons (Fsp3) is 0.400. The lowest BCUT2D eigenvalue weighted by molar-refractivity contribution is 0.189. The number of fused-ring (bicyclic) bond motifs is 1. The van der Waals surface area contributed by atoms with E-state index >= 15 is 0 Å². The molecule has 0 radical (unpaired) electrons. The molecule has 0 bridgehead atoms. The molecule has 4 heterocycles. The van der Waals surface area contributed by atoms with Gasteiger partial charge in [-0.25, -0.2) is 8.42 Å². The Morgan fingerprint density at radius 3 is 2.62 bits per heavy atom. The molecule has 0 spiro atoms. The Bertz CT molecular complexity index is 1620. The summed E-state index contributed by atoms with van der Waals surface area (Å²) >= 11 is 6.88. The van der Waals surface area contributed by atoms with Gasteiger partial charge < -0.3 is 15.5 Å². The standard InChI is InChI=1S/C25H27ClN10O2S/c1-3-29-25-33-24(32-23-18(13-28)14-30-36(23)25)31-20-10-17(12-27)11-21(22(20)26)35-7-6-34(15-16(35)2)19-4-8-39(37,38)9-5-19/h10-11,14,19H,2-9,15H2,1H3,(H2,29,31,32,33). The molecular formula is C25H27ClN10O2S. The van der Waals surface area contributed by atoms with Crippen molar-refractivity contribution in [3.8, 4) is 12.1 Å². The van der Waals surface area contributed by atoms with Crippen molar-refractivity contribution in [1.29, 1.82) is 10.5 Å². The Labute approximate surface area is 231 Å². The molecule has 0 aliphatic carbocycles. The van der Waals surface area contributed by atoms with Crippen LogP contribution in [0.3, 0.4) is 0 Å². The van der Waals surface area contributed by atoms with Crippen LogP contribution >= 0.6 is 11.6 Å². The lowest BCUT2D eigenvalue weighted by Crippen LogP contribution is -2.51. The average Bonchev–Trinajstić information content (AvgIpc) is 3.33. The summed E-state index contributed by atoms with van der Waals surface area (Å²) in [4.78, 5) is 13.2. The highest BCUT2D eigenvalue weighted by Crippen LogP contribution is 2.38. The minimum atomic E-state index is -2.93. The molecule has 5 rings (SSSR count). The lowest BCUT2D eigenvalue weighted by atomic mass is 10.1. The third-order valence-corrected chi connectivity index (χ3v) is 9.07. The number of aromatic nitrogens is 4. The van der Waals surface area contributed by atoms with E-state index in [1.54, 1.807) is 12.1 Å². The van der Waals surface area contributed by atoms with Crippen LogP contribution in [0, 0.1) is 22.7 Å². The molecule has 2 aliphatic rings. The van der Waals surface area contributed by atoms with Gasteiger partial charge in [0.15, 0.2) is 5.65 Å². The number of sulfone groups is 1. The SMILES string of the molecule is C=C1CN(C2CCS(=O)(=O)CC2)CCN1c1cc(C#N)cc(Nc2nc(NCC)n3ncc(C#N)c3n2)c1Cl. The van der Waals surface area contributed by atoms with Crippen LogP contribution < -0.4 is 15.5 Å². The third kappa shape index (κ3) is 5.34. The van der Waals surface area contributed by atoms with Crippen molar-refractivity contribution in [1.82, 2.24) is 24.5 Å². The van der Waals surface area contributed by atoms with Gasteiger partial charge in [0.05, 0.1) is 45.7 Å². The molecule has 12 nitrogen and oxygen atoms in total. The molecule has 0 unspecified atom stereocenters. The Balaban J connectivity index is 1.42. The minimum absolute atomic E-state index is 0.189. The van der Waals surface area contributed by atoms with Gasteiger partial charge in [0.25, 0.3) is 0 Å². The second-order valence-corrected chi connectivity index (χ2v) is 12.2. The summed E-state index contributed by atoms with van der Waals surface area (Å²) < 4.78 is 25.2. The van der Waals surface area contributed by atoms with Gasteiger partial charge in [-0.3, -0.25) is 4.90 Å². The molecule has 2 N–H and O–H groups in total. The van der Waals surface area contributed by atoms with Crippen LogP contribution in [0.5, 0.6) is 0 Å². The summed E-state index contributed by atoms with van der Waals surface area (Å²) in [6.45, 7) is 8.63.